The molecule has 0 spiro atoms. The molecule has 0 radical (unpaired) electrons. The first-order valence-electron chi connectivity index (χ1n) is 6.24. The van der Waals surface area contributed by atoms with Gasteiger partial charge in [0.05, 0.1) is 19.4 Å². The molecule has 0 unspecified atom stereocenters. The molecule has 1 fully saturated rings. The van der Waals surface area contributed by atoms with Crippen LogP contribution in [0.3, 0.4) is 0 Å². The highest BCUT2D eigenvalue weighted by Gasteiger charge is 2.18. The summed E-state index contributed by atoms with van der Waals surface area (Å²) in [5.74, 6) is 0.822. The number of carbonyl (C=O) groups excluding carboxylic acids is 1. The molecule has 0 N–H and O–H groups in total. The van der Waals surface area contributed by atoms with Crippen LogP contribution >= 0.6 is 0 Å². The van der Waals surface area contributed by atoms with E-state index in [0.29, 0.717) is 25.5 Å². The minimum Gasteiger partial charge on any atom is -0.417 e. The fourth-order valence-electron chi connectivity index (χ4n) is 1.84. The number of Topliss-reactive ketones (excluding diaryl/α,β-unsaturated/α-hetero) is 1. The van der Waals surface area contributed by atoms with E-state index in [1.165, 1.54) is 0 Å². The third kappa shape index (κ3) is 3.20. The molecule has 0 bridgehead atoms. The number of oxazole rings is 1. The van der Waals surface area contributed by atoms with Gasteiger partial charge in [-0.3, -0.25) is 4.79 Å². The lowest BCUT2D eigenvalue weighted by Gasteiger charge is -2.25. The van der Waals surface area contributed by atoms with E-state index in [-0.39, 0.29) is 11.7 Å². The highest BCUT2D eigenvalue weighted by molar-refractivity contribution is 5.91. The van der Waals surface area contributed by atoms with Gasteiger partial charge in [-0.2, -0.15) is 0 Å². The summed E-state index contributed by atoms with van der Waals surface area (Å²) in [5, 5.41) is 0. The average molecular weight is 250 g/mol. The largest absolute Gasteiger partial charge is 0.417 e. The zero-order chi connectivity index (χ0) is 12.8. The van der Waals surface area contributed by atoms with Crippen molar-refractivity contribution >= 4 is 11.7 Å². The van der Waals surface area contributed by atoms with Crippen LogP contribution in [-0.4, -0.2) is 37.1 Å². The minimum atomic E-state index is -0.0450. The van der Waals surface area contributed by atoms with Gasteiger partial charge in [-0.15, -0.1) is 6.58 Å². The number of carbonyl (C=O) groups is 1. The maximum absolute atomic E-state index is 11.8. The zero-order valence-electron chi connectivity index (χ0n) is 10.4. The predicted molar refractivity (Wildman–Crippen MR) is 67.9 cm³/mol. The van der Waals surface area contributed by atoms with E-state index < -0.39 is 0 Å². The van der Waals surface area contributed by atoms with Crippen molar-refractivity contribution in [3.8, 4) is 0 Å². The first-order valence-corrected chi connectivity index (χ1v) is 6.24. The van der Waals surface area contributed by atoms with Gasteiger partial charge in [0.2, 0.25) is 11.7 Å². The van der Waals surface area contributed by atoms with Crippen molar-refractivity contribution in [2.75, 3.05) is 31.2 Å². The van der Waals surface area contributed by atoms with E-state index in [9.17, 15) is 4.79 Å². The Balaban J connectivity index is 1.92. The van der Waals surface area contributed by atoms with Crippen molar-refractivity contribution in [3.63, 3.8) is 0 Å². The molecule has 0 saturated carbocycles. The molecule has 5 heteroatoms. The van der Waals surface area contributed by atoms with Crippen LogP contribution in [0.2, 0.25) is 0 Å². The number of aromatic nitrogens is 1. The van der Waals surface area contributed by atoms with Crippen LogP contribution in [0.15, 0.2) is 23.3 Å². The molecule has 0 amide bonds. The number of nitrogens with zero attached hydrogens (tertiary/aromatic N) is 2. The van der Waals surface area contributed by atoms with Crippen LogP contribution < -0.4 is 4.90 Å². The Hall–Kier alpha value is -1.62. The standard InChI is InChI=1S/C13H18N2O3/c1-2-3-4-5-11(16)13-14-10-12(18-13)15-6-8-17-9-7-15/h2,10H,1,3-9H2. The normalized spacial score (nSPS) is 15.7. The van der Waals surface area contributed by atoms with Crippen molar-refractivity contribution < 1.29 is 13.9 Å². The van der Waals surface area contributed by atoms with Gasteiger partial charge < -0.3 is 14.1 Å². The molecule has 1 aliphatic heterocycles. The van der Waals surface area contributed by atoms with E-state index >= 15 is 0 Å². The molecule has 2 rings (SSSR count). The number of morpholine rings is 1. The molecule has 0 atom stereocenters. The predicted octanol–water partition coefficient (Wildman–Crippen LogP) is 2.05. The molecule has 98 valence electrons. The van der Waals surface area contributed by atoms with Crippen LogP contribution in [0.25, 0.3) is 0 Å². The number of rotatable bonds is 6. The highest BCUT2D eigenvalue weighted by atomic mass is 16.5. The molecule has 2 heterocycles. The summed E-state index contributed by atoms with van der Waals surface area (Å²) in [5.41, 5.74) is 0. The number of ether oxygens (including phenoxy) is 1. The summed E-state index contributed by atoms with van der Waals surface area (Å²) >= 11 is 0. The number of unbranched alkanes of at least 4 members (excludes halogenated alkanes) is 1. The second-order valence-electron chi connectivity index (χ2n) is 4.21. The Labute approximate surface area is 106 Å². The van der Waals surface area contributed by atoms with Gasteiger partial charge in [0.1, 0.15) is 0 Å². The lowest BCUT2D eigenvalue weighted by Crippen LogP contribution is -2.35. The molecule has 1 saturated heterocycles. The molecular weight excluding hydrogens is 232 g/mol. The van der Waals surface area contributed by atoms with Crippen molar-refractivity contribution in [3.05, 3.63) is 24.7 Å². The number of hydrogen-bond donors (Lipinski definition) is 0. The quantitative estimate of drug-likeness (QED) is 0.439. The third-order valence-corrected chi connectivity index (χ3v) is 2.87. The molecule has 1 aliphatic rings. The fourth-order valence-corrected chi connectivity index (χ4v) is 1.84. The van der Waals surface area contributed by atoms with E-state index in [1.54, 1.807) is 6.20 Å². The third-order valence-electron chi connectivity index (χ3n) is 2.87. The van der Waals surface area contributed by atoms with Crippen LogP contribution in [0, 0.1) is 0 Å². The smallest absolute Gasteiger partial charge is 0.264 e. The summed E-state index contributed by atoms with van der Waals surface area (Å²) in [6, 6.07) is 0. The van der Waals surface area contributed by atoms with Gasteiger partial charge in [-0.05, 0) is 12.8 Å². The van der Waals surface area contributed by atoms with Gasteiger partial charge >= 0.3 is 0 Å². The average Bonchev–Trinajstić information content (AvgIpc) is 2.89. The lowest BCUT2D eigenvalue weighted by molar-refractivity contribution is 0.0945. The Morgan fingerprint density at radius 3 is 3.00 bits per heavy atom. The second-order valence-corrected chi connectivity index (χ2v) is 4.21. The molecule has 0 aromatic carbocycles. The zero-order valence-corrected chi connectivity index (χ0v) is 10.4. The Morgan fingerprint density at radius 2 is 2.28 bits per heavy atom. The number of allylic oxidation sites excluding steroid dienone is 1. The Kier molecular flexibility index (Phi) is 4.52. The minimum absolute atomic E-state index is 0.0450. The number of ketones is 1. The summed E-state index contributed by atoms with van der Waals surface area (Å²) in [6.07, 6.45) is 5.50. The van der Waals surface area contributed by atoms with Crippen LogP contribution in [-0.2, 0) is 4.74 Å². The topological polar surface area (TPSA) is 55.6 Å². The Bertz CT molecular complexity index is 408. The number of hydrogen-bond acceptors (Lipinski definition) is 5. The van der Waals surface area contributed by atoms with Gasteiger partial charge in [0, 0.05) is 19.5 Å². The van der Waals surface area contributed by atoms with Gasteiger partial charge in [0.25, 0.3) is 5.89 Å². The maximum atomic E-state index is 11.8. The monoisotopic (exact) mass is 250 g/mol. The first-order chi connectivity index (χ1) is 8.81. The van der Waals surface area contributed by atoms with Crippen LogP contribution in [0.4, 0.5) is 5.88 Å². The van der Waals surface area contributed by atoms with E-state index in [0.717, 1.165) is 25.9 Å². The van der Waals surface area contributed by atoms with Crippen molar-refractivity contribution in [1.82, 2.24) is 4.98 Å². The molecular formula is C13H18N2O3. The van der Waals surface area contributed by atoms with Crippen molar-refractivity contribution in [2.45, 2.75) is 19.3 Å². The van der Waals surface area contributed by atoms with Crippen LogP contribution in [0.1, 0.15) is 29.9 Å². The fraction of sp³-hybridized carbons (Fsp3) is 0.538. The molecule has 0 aliphatic carbocycles. The highest BCUT2D eigenvalue weighted by Crippen LogP contribution is 2.18. The second kappa shape index (κ2) is 6.35. The molecule has 18 heavy (non-hydrogen) atoms. The van der Waals surface area contributed by atoms with E-state index in [4.69, 9.17) is 9.15 Å². The van der Waals surface area contributed by atoms with E-state index in [2.05, 4.69) is 11.6 Å². The summed E-state index contributed by atoms with van der Waals surface area (Å²) < 4.78 is 10.8. The maximum Gasteiger partial charge on any atom is 0.264 e. The first kappa shape index (κ1) is 12.8. The lowest BCUT2D eigenvalue weighted by atomic mass is 10.2. The SMILES string of the molecule is C=CCCCC(=O)c1ncc(N2CCOCC2)o1. The van der Waals surface area contributed by atoms with Gasteiger partial charge in [0.15, 0.2) is 0 Å². The summed E-state index contributed by atoms with van der Waals surface area (Å²) in [7, 11) is 0. The Morgan fingerprint density at radius 1 is 1.50 bits per heavy atom. The van der Waals surface area contributed by atoms with Crippen molar-refractivity contribution in [2.24, 2.45) is 0 Å². The van der Waals surface area contributed by atoms with Gasteiger partial charge in [-0.25, -0.2) is 4.98 Å². The summed E-state index contributed by atoms with van der Waals surface area (Å²) in [6.45, 7) is 6.55. The molecule has 1 aromatic rings. The molecule has 1 aromatic heterocycles. The van der Waals surface area contributed by atoms with E-state index in [1.807, 2.05) is 11.0 Å². The van der Waals surface area contributed by atoms with Crippen molar-refractivity contribution in [1.29, 1.82) is 0 Å². The van der Waals surface area contributed by atoms with Gasteiger partial charge in [-0.1, -0.05) is 6.08 Å². The van der Waals surface area contributed by atoms with Crippen LogP contribution in [0.5, 0.6) is 0 Å². The number of anilines is 1. The summed E-state index contributed by atoms with van der Waals surface area (Å²) in [4.78, 5) is 17.9. The molecule has 5 nitrogen and oxygen atoms in total.